The van der Waals surface area contributed by atoms with Gasteiger partial charge in [-0.15, -0.1) is 0 Å². The van der Waals surface area contributed by atoms with Crippen LogP contribution in [-0.4, -0.2) is 28.7 Å². The van der Waals surface area contributed by atoms with E-state index in [-0.39, 0.29) is 5.75 Å². The van der Waals surface area contributed by atoms with Crippen molar-refractivity contribution >= 4 is 5.82 Å². The molecule has 0 unspecified atom stereocenters. The zero-order valence-corrected chi connectivity index (χ0v) is 12.0. The van der Waals surface area contributed by atoms with Crippen molar-refractivity contribution in [3.05, 3.63) is 30.0 Å². The molecule has 1 aromatic carbocycles. The molecule has 2 aromatic rings. The lowest BCUT2D eigenvalue weighted by molar-refractivity contribution is 0.373. The minimum Gasteiger partial charge on any atom is -0.504 e. The van der Waals surface area contributed by atoms with Gasteiger partial charge in [-0.3, -0.25) is 0 Å². The molecule has 0 spiro atoms. The van der Waals surface area contributed by atoms with Crippen LogP contribution in [0.25, 0.3) is 11.4 Å². The summed E-state index contributed by atoms with van der Waals surface area (Å²) in [6, 6.07) is 7.05. The van der Waals surface area contributed by atoms with Crippen LogP contribution in [0, 0.1) is 0 Å². The molecule has 0 saturated heterocycles. The van der Waals surface area contributed by atoms with Crippen molar-refractivity contribution in [3.8, 4) is 22.9 Å². The molecule has 1 heterocycles. The van der Waals surface area contributed by atoms with E-state index >= 15 is 0 Å². The van der Waals surface area contributed by atoms with Gasteiger partial charge in [0, 0.05) is 23.9 Å². The summed E-state index contributed by atoms with van der Waals surface area (Å²) < 4.78 is 5.12. The molecule has 0 fully saturated rings. The number of nitrogens with one attached hydrogen (secondary N) is 1. The van der Waals surface area contributed by atoms with Gasteiger partial charge in [0.25, 0.3) is 0 Å². The maximum Gasteiger partial charge on any atom is 0.161 e. The molecular weight excluding hydrogens is 254 g/mol. The molecule has 0 aliphatic heterocycles. The van der Waals surface area contributed by atoms with E-state index in [1.54, 1.807) is 18.2 Å². The molecule has 0 aliphatic carbocycles. The van der Waals surface area contributed by atoms with E-state index in [0.29, 0.717) is 11.6 Å². The van der Waals surface area contributed by atoms with E-state index < -0.39 is 0 Å². The lowest BCUT2D eigenvalue weighted by Crippen LogP contribution is -2.03. The second-order valence-corrected chi connectivity index (χ2v) is 4.34. The number of benzene rings is 1. The number of aromatic nitrogens is 2. The first-order valence-electron chi connectivity index (χ1n) is 6.67. The van der Waals surface area contributed by atoms with Crippen molar-refractivity contribution in [1.29, 1.82) is 0 Å². The highest BCUT2D eigenvalue weighted by Gasteiger charge is 2.09. The van der Waals surface area contributed by atoms with Crippen molar-refractivity contribution in [3.63, 3.8) is 0 Å². The van der Waals surface area contributed by atoms with Gasteiger partial charge < -0.3 is 15.2 Å². The Morgan fingerprint density at radius 1 is 1.20 bits per heavy atom. The van der Waals surface area contributed by atoms with Crippen LogP contribution < -0.4 is 10.1 Å². The highest BCUT2D eigenvalue weighted by molar-refractivity contribution is 5.62. The maximum atomic E-state index is 9.64. The third-order valence-electron chi connectivity index (χ3n) is 2.94. The topological polar surface area (TPSA) is 67.3 Å². The molecule has 2 N–H and O–H groups in total. The van der Waals surface area contributed by atoms with E-state index in [9.17, 15) is 5.11 Å². The van der Waals surface area contributed by atoms with E-state index in [0.717, 1.165) is 30.0 Å². The Kier molecular flexibility index (Phi) is 4.40. The molecule has 5 nitrogen and oxygen atoms in total. The van der Waals surface area contributed by atoms with Crippen LogP contribution in [0.15, 0.2) is 24.3 Å². The predicted molar refractivity (Wildman–Crippen MR) is 79.2 cm³/mol. The van der Waals surface area contributed by atoms with Gasteiger partial charge in [-0.05, 0) is 31.5 Å². The Labute approximate surface area is 118 Å². The third-order valence-corrected chi connectivity index (χ3v) is 2.94. The fourth-order valence-electron chi connectivity index (χ4n) is 1.90. The van der Waals surface area contributed by atoms with Crippen LogP contribution in [-0.2, 0) is 6.42 Å². The fraction of sp³-hybridized carbons (Fsp3) is 0.333. The molecule has 0 atom stereocenters. The van der Waals surface area contributed by atoms with Crippen LogP contribution in [0.1, 0.15) is 19.5 Å². The smallest absolute Gasteiger partial charge is 0.161 e. The normalized spacial score (nSPS) is 10.3. The number of nitrogens with zero attached hydrogens (tertiary/aromatic N) is 2. The molecular formula is C15H19N3O2. The summed E-state index contributed by atoms with van der Waals surface area (Å²) in [4.78, 5) is 9.01. The minimum absolute atomic E-state index is 0.106. The monoisotopic (exact) mass is 273 g/mol. The summed E-state index contributed by atoms with van der Waals surface area (Å²) in [5.74, 6) is 1.95. The lowest BCUT2D eigenvalue weighted by atomic mass is 10.1. The van der Waals surface area contributed by atoms with Crippen molar-refractivity contribution < 1.29 is 9.84 Å². The number of phenolic OH excluding ortho intramolecular Hbond substituents is 1. The average molecular weight is 273 g/mol. The maximum absolute atomic E-state index is 9.64. The van der Waals surface area contributed by atoms with Gasteiger partial charge in [0.15, 0.2) is 17.3 Å². The highest BCUT2D eigenvalue weighted by Crippen LogP contribution is 2.30. The molecule has 0 amide bonds. The van der Waals surface area contributed by atoms with Crippen molar-refractivity contribution in [2.75, 3.05) is 19.0 Å². The van der Waals surface area contributed by atoms with Gasteiger partial charge in [-0.25, -0.2) is 9.97 Å². The molecule has 20 heavy (non-hydrogen) atoms. The van der Waals surface area contributed by atoms with Gasteiger partial charge in [0.05, 0.1) is 7.11 Å². The molecule has 0 radical (unpaired) electrons. The summed E-state index contributed by atoms with van der Waals surface area (Å²) in [5.41, 5.74) is 1.78. The summed E-state index contributed by atoms with van der Waals surface area (Å²) in [6.45, 7) is 4.88. The van der Waals surface area contributed by atoms with Crippen LogP contribution in [0.2, 0.25) is 0 Å². The number of anilines is 1. The van der Waals surface area contributed by atoms with Gasteiger partial charge in [-0.1, -0.05) is 6.92 Å². The van der Waals surface area contributed by atoms with Crippen LogP contribution in [0.4, 0.5) is 5.82 Å². The second kappa shape index (κ2) is 6.23. The van der Waals surface area contributed by atoms with Crippen molar-refractivity contribution in [2.24, 2.45) is 0 Å². The number of methoxy groups -OCH3 is 1. The Hall–Kier alpha value is -2.30. The number of phenols is 1. The number of ether oxygens (including phenoxy) is 1. The summed E-state index contributed by atoms with van der Waals surface area (Å²) in [6.07, 6.45) is 0.836. The molecule has 1 aromatic heterocycles. The SMILES string of the molecule is CCNc1cc(CC)nc(-c2ccc(O)c(OC)c2)n1. The van der Waals surface area contributed by atoms with Crippen molar-refractivity contribution in [1.82, 2.24) is 9.97 Å². The van der Waals surface area contributed by atoms with Gasteiger partial charge >= 0.3 is 0 Å². The van der Waals surface area contributed by atoms with Crippen LogP contribution in [0.5, 0.6) is 11.5 Å². The van der Waals surface area contributed by atoms with Gasteiger partial charge in [0.2, 0.25) is 0 Å². The second-order valence-electron chi connectivity index (χ2n) is 4.34. The average Bonchev–Trinajstić information content (AvgIpc) is 2.47. The number of aryl methyl sites for hydroxylation is 1. The number of hydrogen-bond acceptors (Lipinski definition) is 5. The van der Waals surface area contributed by atoms with Gasteiger partial charge in [0.1, 0.15) is 5.82 Å². The molecule has 0 saturated carbocycles. The first-order valence-corrected chi connectivity index (χ1v) is 6.67. The first kappa shape index (κ1) is 14.1. The van der Waals surface area contributed by atoms with E-state index in [4.69, 9.17) is 4.74 Å². The fourth-order valence-corrected chi connectivity index (χ4v) is 1.90. The Morgan fingerprint density at radius 3 is 2.65 bits per heavy atom. The zero-order valence-electron chi connectivity index (χ0n) is 12.0. The predicted octanol–water partition coefficient (Wildman–Crippen LogP) is 2.85. The first-order chi connectivity index (χ1) is 9.67. The van der Waals surface area contributed by atoms with E-state index in [1.807, 2.05) is 13.0 Å². The Bertz CT molecular complexity index is 600. The molecule has 106 valence electrons. The molecule has 2 rings (SSSR count). The number of hydrogen-bond donors (Lipinski definition) is 2. The summed E-state index contributed by atoms with van der Waals surface area (Å²) in [5, 5.41) is 12.8. The molecule has 0 bridgehead atoms. The quantitative estimate of drug-likeness (QED) is 0.876. The Morgan fingerprint density at radius 2 is 2.00 bits per heavy atom. The number of rotatable bonds is 5. The van der Waals surface area contributed by atoms with Crippen molar-refractivity contribution in [2.45, 2.75) is 20.3 Å². The summed E-state index contributed by atoms with van der Waals surface area (Å²) in [7, 11) is 1.52. The standard InChI is InChI=1S/C15H19N3O2/c1-4-11-9-14(16-5-2)18-15(17-11)10-6-7-12(19)13(8-10)20-3/h6-9,19H,4-5H2,1-3H3,(H,16,17,18). The lowest BCUT2D eigenvalue weighted by Gasteiger charge is -2.09. The van der Waals surface area contributed by atoms with E-state index in [2.05, 4.69) is 22.2 Å². The summed E-state index contributed by atoms with van der Waals surface area (Å²) >= 11 is 0. The largest absolute Gasteiger partial charge is 0.504 e. The third kappa shape index (κ3) is 2.99. The highest BCUT2D eigenvalue weighted by atomic mass is 16.5. The van der Waals surface area contributed by atoms with Crippen LogP contribution in [0.3, 0.4) is 0 Å². The van der Waals surface area contributed by atoms with Crippen LogP contribution >= 0.6 is 0 Å². The van der Waals surface area contributed by atoms with E-state index in [1.165, 1.54) is 7.11 Å². The van der Waals surface area contributed by atoms with Gasteiger partial charge in [-0.2, -0.15) is 0 Å². The zero-order chi connectivity index (χ0) is 14.5. The minimum atomic E-state index is 0.106. The molecule has 0 aliphatic rings. The number of aromatic hydroxyl groups is 1. The Balaban J connectivity index is 2.47. The molecule has 5 heteroatoms.